The highest BCUT2D eigenvalue weighted by Gasteiger charge is 2.57. The summed E-state index contributed by atoms with van der Waals surface area (Å²) in [6.45, 7) is 5.36. The number of unbranched alkanes of at least 4 members (excludes halogenated alkanes) is 13. The normalized spacial score (nSPS) is 22.9. The SMILES string of the molecule is CCCCCCCCCCCCCCCCOC12CCCCN1C(=O)C(C(=O)OCC)O2. The molecule has 0 aromatic heterocycles. The first-order chi connectivity index (χ1) is 15.6. The van der Waals surface area contributed by atoms with Gasteiger partial charge >= 0.3 is 5.97 Å². The lowest BCUT2D eigenvalue weighted by Crippen LogP contribution is -2.52. The summed E-state index contributed by atoms with van der Waals surface area (Å²) >= 11 is 0. The van der Waals surface area contributed by atoms with Crippen molar-refractivity contribution in [2.75, 3.05) is 19.8 Å². The van der Waals surface area contributed by atoms with Gasteiger partial charge in [0, 0.05) is 13.0 Å². The zero-order chi connectivity index (χ0) is 23.1. The van der Waals surface area contributed by atoms with Crippen LogP contribution >= 0.6 is 0 Å². The van der Waals surface area contributed by atoms with Crippen LogP contribution in [0, 0.1) is 0 Å². The Morgan fingerprint density at radius 2 is 1.47 bits per heavy atom. The standard InChI is InChI=1S/C26H47NO5/c1-3-5-6-7-8-9-10-11-12-13-14-15-16-19-22-31-26-20-17-18-21-27(26)24(28)23(32-26)25(29)30-4-2/h23H,3-22H2,1-2H3. The van der Waals surface area contributed by atoms with E-state index < -0.39 is 18.0 Å². The number of carbonyl (C=O) groups excluding carboxylic acids is 2. The van der Waals surface area contributed by atoms with E-state index in [1.165, 1.54) is 77.0 Å². The lowest BCUT2D eigenvalue weighted by molar-refractivity contribution is -0.295. The molecule has 1 amide bonds. The highest BCUT2D eigenvalue weighted by atomic mass is 16.7. The van der Waals surface area contributed by atoms with Crippen molar-refractivity contribution in [3.8, 4) is 0 Å². The fourth-order valence-electron chi connectivity index (χ4n) is 4.78. The van der Waals surface area contributed by atoms with Gasteiger partial charge in [0.2, 0.25) is 6.10 Å². The van der Waals surface area contributed by atoms with Crippen LogP contribution < -0.4 is 0 Å². The van der Waals surface area contributed by atoms with E-state index in [0.717, 1.165) is 25.7 Å². The van der Waals surface area contributed by atoms with Crippen molar-refractivity contribution in [2.45, 2.75) is 135 Å². The molecular formula is C26H47NO5. The van der Waals surface area contributed by atoms with Crippen LogP contribution in [0.5, 0.6) is 0 Å². The number of amides is 1. The largest absolute Gasteiger partial charge is 0.464 e. The predicted molar refractivity (Wildman–Crippen MR) is 126 cm³/mol. The topological polar surface area (TPSA) is 65.1 Å². The molecule has 2 unspecified atom stereocenters. The number of ether oxygens (including phenoxy) is 3. The van der Waals surface area contributed by atoms with Crippen LogP contribution in [0.1, 0.15) is 123 Å². The molecule has 6 nitrogen and oxygen atoms in total. The van der Waals surface area contributed by atoms with Crippen LogP contribution in [-0.2, 0) is 23.8 Å². The quantitative estimate of drug-likeness (QED) is 0.142. The summed E-state index contributed by atoms with van der Waals surface area (Å²) < 4.78 is 17.0. The number of esters is 1. The summed E-state index contributed by atoms with van der Waals surface area (Å²) in [7, 11) is 0. The summed E-state index contributed by atoms with van der Waals surface area (Å²) in [6.07, 6.45) is 19.7. The van der Waals surface area contributed by atoms with Gasteiger partial charge in [-0.3, -0.25) is 9.69 Å². The molecule has 2 atom stereocenters. The number of fused-ring (bicyclic) bond motifs is 1. The van der Waals surface area contributed by atoms with Gasteiger partial charge in [0.25, 0.3) is 11.8 Å². The smallest absolute Gasteiger partial charge is 0.345 e. The maximum absolute atomic E-state index is 12.6. The Kier molecular flexibility index (Phi) is 13.3. The Morgan fingerprint density at radius 3 is 2.03 bits per heavy atom. The van der Waals surface area contributed by atoms with Gasteiger partial charge in [-0.05, 0) is 26.2 Å². The van der Waals surface area contributed by atoms with Gasteiger partial charge in [0.05, 0.1) is 13.2 Å². The van der Waals surface area contributed by atoms with Crippen LogP contribution in [0.25, 0.3) is 0 Å². The molecule has 0 N–H and O–H groups in total. The predicted octanol–water partition coefficient (Wildman–Crippen LogP) is 6.11. The molecule has 0 bridgehead atoms. The summed E-state index contributed by atoms with van der Waals surface area (Å²) in [5, 5.41) is 0. The van der Waals surface area contributed by atoms with Crippen molar-refractivity contribution in [1.82, 2.24) is 4.90 Å². The molecule has 0 aromatic carbocycles. The molecule has 0 spiro atoms. The molecule has 2 rings (SSSR count). The summed E-state index contributed by atoms with van der Waals surface area (Å²) in [5.74, 6) is -1.99. The molecule has 0 saturated carbocycles. The van der Waals surface area contributed by atoms with Crippen molar-refractivity contribution in [3.05, 3.63) is 0 Å². The van der Waals surface area contributed by atoms with Crippen molar-refractivity contribution in [1.29, 1.82) is 0 Å². The Bertz CT molecular complexity index is 540. The average Bonchev–Trinajstić information content (AvgIpc) is 3.09. The first-order valence-corrected chi connectivity index (χ1v) is 13.4. The maximum atomic E-state index is 12.6. The molecule has 0 aliphatic carbocycles. The molecule has 32 heavy (non-hydrogen) atoms. The molecule has 2 saturated heterocycles. The van der Waals surface area contributed by atoms with Crippen molar-refractivity contribution in [3.63, 3.8) is 0 Å². The third-order valence-electron chi connectivity index (χ3n) is 6.65. The minimum atomic E-state index is -1.18. The second-order valence-electron chi connectivity index (χ2n) is 9.35. The van der Waals surface area contributed by atoms with Gasteiger partial charge in [-0.25, -0.2) is 4.79 Å². The zero-order valence-electron chi connectivity index (χ0n) is 20.7. The molecule has 6 heteroatoms. The van der Waals surface area contributed by atoms with Gasteiger partial charge < -0.3 is 14.2 Å². The maximum Gasteiger partial charge on any atom is 0.345 e. The summed E-state index contributed by atoms with van der Waals surface area (Å²) in [6, 6.07) is 0. The first kappa shape index (κ1) is 27.1. The third-order valence-corrected chi connectivity index (χ3v) is 6.65. The van der Waals surface area contributed by atoms with E-state index in [0.29, 0.717) is 19.6 Å². The van der Waals surface area contributed by atoms with E-state index in [2.05, 4.69) is 6.92 Å². The van der Waals surface area contributed by atoms with E-state index in [1.807, 2.05) is 0 Å². The Labute approximate surface area is 195 Å². The fourth-order valence-corrected chi connectivity index (χ4v) is 4.78. The number of piperidine rings is 1. The molecular weight excluding hydrogens is 406 g/mol. The highest BCUT2D eigenvalue weighted by Crippen LogP contribution is 2.38. The van der Waals surface area contributed by atoms with Crippen LogP contribution in [0.2, 0.25) is 0 Å². The Hall–Kier alpha value is -1.14. The average molecular weight is 454 g/mol. The monoisotopic (exact) mass is 453 g/mol. The van der Waals surface area contributed by atoms with Gasteiger partial charge in [0.15, 0.2) is 0 Å². The van der Waals surface area contributed by atoms with Crippen LogP contribution in [0.3, 0.4) is 0 Å². The molecule has 2 heterocycles. The minimum absolute atomic E-state index is 0.235. The van der Waals surface area contributed by atoms with Crippen LogP contribution in [0.4, 0.5) is 0 Å². The van der Waals surface area contributed by atoms with Crippen molar-refractivity contribution < 1.29 is 23.8 Å². The lowest BCUT2D eigenvalue weighted by Gasteiger charge is -2.39. The minimum Gasteiger partial charge on any atom is -0.464 e. The second kappa shape index (κ2) is 15.7. The highest BCUT2D eigenvalue weighted by molar-refractivity contribution is 6.02. The number of carbonyl (C=O) groups is 2. The van der Waals surface area contributed by atoms with Crippen LogP contribution in [0.15, 0.2) is 0 Å². The molecule has 0 radical (unpaired) electrons. The molecule has 2 fully saturated rings. The number of hydrogen-bond acceptors (Lipinski definition) is 5. The summed E-state index contributed by atoms with van der Waals surface area (Å²) in [4.78, 5) is 26.4. The number of hydrogen-bond donors (Lipinski definition) is 0. The van der Waals surface area contributed by atoms with Crippen molar-refractivity contribution in [2.24, 2.45) is 0 Å². The van der Waals surface area contributed by atoms with Gasteiger partial charge in [-0.2, -0.15) is 0 Å². The van der Waals surface area contributed by atoms with E-state index in [1.54, 1.807) is 11.8 Å². The Balaban J connectivity index is 1.52. The molecule has 2 aliphatic heterocycles. The summed E-state index contributed by atoms with van der Waals surface area (Å²) in [5.41, 5.74) is 0. The zero-order valence-corrected chi connectivity index (χ0v) is 20.7. The van der Waals surface area contributed by atoms with Crippen molar-refractivity contribution >= 4 is 11.9 Å². The fraction of sp³-hybridized carbons (Fsp3) is 0.923. The van der Waals surface area contributed by atoms with Gasteiger partial charge in [-0.1, -0.05) is 90.4 Å². The molecule has 0 aromatic rings. The van der Waals surface area contributed by atoms with E-state index >= 15 is 0 Å². The molecule has 186 valence electrons. The van der Waals surface area contributed by atoms with E-state index in [-0.39, 0.29) is 12.5 Å². The molecule has 2 aliphatic rings. The number of rotatable bonds is 18. The number of nitrogens with zero attached hydrogens (tertiary/aromatic N) is 1. The lowest BCUT2D eigenvalue weighted by atomic mass is 10.0. The van der Waals surface area contributed by atoms with E-state index in [9.17, 15) is 9.59 Å². The van der Waals surface area contributed by atoms with Gasteiger partial charge in [-0.15, -0.1) is 0 Å². The van der Waals surface area contributed by atoms with Crippen LogP contribution in [-0.4, -0.2) is 48.5 Å². The van der Waals surface area contributed by atoms with E-state index in [4.69, 9.17) is 14.2 Å². The Morgan fingerprint density at radius 1 is 0.906 bits per heavy atom. The second-order valence-corrected chi connectivity index (χ2v) is 9.35. The first-order valence-electron chi connectivity index (χ1n) is 13.4. The van der Waals surface area contributed by atoms with Gasteiger partial charge in [0.1, 0.15) is 0 Å². The third kappa shape index (κ3) is 8.66.